The van der Waals surface area contributed by atoms with Gasteiger partial charge < -0.3 is 15.4 Å². The van der Waals surface area contributed by atoms with Crippen molar-refractivity contribution in [3.8, 4) is 0 Å². The van der Waals surface area contributed by atoms with Gasteiger partial charge >= 0.3 is 0 Å². The van der Waals surface area contributed by atoms with Crippen LogP contribution in [0.4, 0.5) is 0 Å². The predicted octanol–water partition coefficient (Wildman–Crippen LogP) is 3.64. The number of guanidine groups is 1. The Morgan fingerprint density at radius 2 is 1.68 bits per heavy atom. The van der Waals surface area contributed by atoms with Gasteiger partial charge in [-0.3, -0.25) is 9.80 Å². The highest BCUT2D eigenvalue weighted by Crippen LogP contribution is 2.20. The van der Waals surface area contributed by atoms with Crippen LogP contribution in [0.15, 0.2) is 53.5 Å². The molecule has 4 rings (SSSR count). The van der Waals surface area contributed by atoms with E-state index < -0.39 is 0 Å². The topological polar surface area (TPSA) is 52.1 Å². The lowest BCUT2D eigenvalue weighted by molar-refractivity contribution is 0.0341. The van der Waals surface area contributed by atoms with E-state index in [1.54, 1.807) is 0 Å². The highest BCUT2D eigenvalue weighted by Gasteiger charge is 2.20. The molecule has 2 aromatic carbocycles. The molecular weight excluding hydrogens is 537 g/mol. The highest BCUT2D eigenvalue weighted by atomic mass is 127. The van der Waals surface area contributed by atoms with E-state index >= 15 is 0 Å². The maximum Gasteiger partial charge on any atom is 0.191 e. The van der Waals surface area contributed by atoms with Crippen LogP contribution < -0.4 is 10.6 Å². The van der Waals surface area contributed by atoms with Crippen molar-refractivity contribution in [1.82, 2.24) is 20.4 Å². The Balaban J connectivity index is 0.00000324. The summed E-state index contributed by atoms with van der Waals surface area (Å²) in [6, 6.07) is 18.0. The molecule has 7 heteroatoms. The minimum Gasteiger partial charge on any atom is -0.379 e. The first-order valence-corrected chi connectivity index (χ1v) is 12.4. The average molecular weight is 578 g/mol. The van der Waals surface area contributed by atoms with E-state index in [1.807, 2.05) is 0 Å². The van der Waals surface area contributed by atoms with E-state index in [0.29, 0.717) is 12.6 Å². The molecule has 2 aromatic rings. The van der Waals surface area contributed by atoms with Gasteiger partial charge in [-0.2, -0.15) is 0 Å². The number of nitrogens with one attached hydrogen (secondary N) is 2. The molecule has 1 fully saturated rings. The van der Waals surface area contributed by atoms with Crippen LogP contribution >= 0.6 is 24.0 Å². The fourth-order valence-corrected chi connectivity index (χ4v) is 4.64. The first kappa shape index (κ1) is 26.9. The zero-order chi connectivity index (χ0) is 22.9. The molecule has 0 radical (unpaired) electrons. The molecule has 2 aliphatic rings. The molecular formula is C27H40IN5O. The Morgan fingerprint density at radius 1 is 0.971 bits per heavy atom. The SMILES string of the molecule is CCNC(=NCc1ccccc1CN1CCOCC1)NCC(C)N1CCc2ccccc2C1.I. The molecule has 2 N–H and O–H groups in total. The number of hydrogen-bond donors (Lipinski definition) is 2. The summed E-state index contributed by atoms with van der Waals surface area (Å²) < 4.78 is 5.50. The molecule has 0 spiro atoms. The summed E-state index contributed by atoms with van der Waals surface area (Å²) in [5.74, 6) is 0.892. The molecule has 1 saturated heterocycles. The summed E-state index contributed by atoms with van der Waals surface area (Å²) in [6.07, 6.45) is 1.13. The summed E-state index contributed by atoms with van der Waals surface area (Å²) >= 11 is 0. The van der Waals surface area contributed by atoms with E-state index in [9.17, 15) is 0 Å². The number of halogens is 1. The maximum atomic E-state index is 5.50. The van der Waals surface area contributed by atoms with Crippen molar-refractivity contribution in [2.24, 2.45) is 4.99 Å². The monoisotopic (exact) mass is 577 g/mol. The van der Waals surface area contributed by atoms with Crippen LogP contribution in [-0.4, -0.2) is 67.7 Å². The van der Waals surface area contributed by atoms with Crippen molar-refractivity contribution in [1.29, 1.82) is 0 Å². The number of ether oxygens (including phenoxy) is 1. The Hall–Kier alpha value is -1.68. The van der Waals surface area contributed by atoms with Gasteiger partial charge in [0.25, 0.3) is 0 Å². The van der Waals surface area contributed by atoms with Crippen molar-refractivity contribution >= 4 is 29.9 Å². The molecule has 186 valence electrons. The minimum absolute atomic E-state index is 0. The first-order chi connectivity index (χ1) is 16.2. The molecule has 0 bridgehead atoms. The highest BCUT2D eigenvalue weighted by molar-refractivity contribution is 14.0. The van der Waals surface area contributed by atoms with Crippen molar-refractivity contribution in [2.45, 2.75) is 45.9 Å². The van der Waals surface area contributed by atoms with Gasteiger partial charge in [-0.15, -0.1) is 24.0 Å². The average Bonchev–Trinajstić information content (AvgIpc) is 2.86. The molecule has 1 atom stereocenters. The number of benzene rings is 2. The molecule has 0 aliphatic carbocycles. The van der Waals surface area contributed by atoms with Crippen molar-refractivity contribution in [3.05, 3.63) is 70.8 Å². The molecule has 6 nitrogen and oxygen atoms in total. The summed E-state index contributed by atoms with van der Waals surface area (Å²) in [5.41, 5.74) is 5.62. The van der Waals surface area contributed by atoms with Gasteiger partial charge in [-0.05, 0) is 42.5 Å². The van der Waals surface area contributed by atoms with Crippen LogP contribution in [0.5, 0.6) is 0 Å². The Bertz CT molecular complexity index is 915. The molecule has 2 heterocycles. The minimum atomic E-state index is 0. The largest absolute Gasteiger partial charge is 0.379 e. The Morgan fingerprint density at radius 3 is 2.44 bits per heavy atom. The lowest BCUT2D eigenvalue weighted by Gasteiger charge is -2.34. The second-order valence-electron chi connectivity index (χ2n) is 9.07. The van der Waals surface area contributed by atoms with Gasteiger partial charge in [0.15, 0.2) is 5.96 Å². The van der Waals surface area contributed by atoms with Gasteiger partial charge in [-0.25, -0.2) is 4.99 Å². The third-order valence-electron chi connectivity index (χ3n) is 6.72. The molecule has 0 saturated carbocycles. The van der Waals surface area contributed by atoms with E-state index in [2.05, 4.69) is 82.8 Å². The van der Waals surface area contributed by atoms with E-state index in [4.69, 9.17) is 9.73 Å². The zero-order valence-corrected chi connectivity index (χ0v) is 23.0. The van der Waals surface area contributed by atoms with Crippen molar-refractivity contribution < 1.29 is 4.74 Å². The lowest BCUT2D eigenvalue weighted by Crippen LogP contribution is -2.47. The second-order valence-corrected chi connectivity index (χ2v) is 9.07. The first-order valence-electron chi connectivity index (χ1n) is 12.4. The van der Waals surface area contributed by atoms with Crippen LogP contribution in [0.3, 0.4) is 0 Å². The van der Waals surface area contributed by atoms with Crippen LogP contribution in [0.2, 0.25) is 0 Å². The number of morpholine rings is 1. The van der Waals surface area contributed by atoms with Crippen molar-refractivity contribution in [3.63, 3.8) is 0 Å². The maximum absolute atomic E-state index is 5.50. The fraction of sp³-hybridized carbons (Fsp3) is 0.519. The second kappa shape index (κ2) is 14.0. The van der Waals surface area contributed by atoms with Gasteiger partial charge in [0.2, 0.25) is 0 Å². The summed E-state index contributed by atoms with van der Waals surface area (Å²) in [4.78, 5) is 9.96. The Kier molecular flexibility index (Phi) is 11.1. The fourth-order valence-electron chi connectivity index (χ4n) is 4.64. The van der Waals surface area contributed by atoms with E-state index in [1.165, 1.54) is 22.3 Å². The van der Waals surface area contributed by atoms with Crippen molar-refractivity contribution in [2.75, 3.05) is 45.9 Å². The smallest absolute Gasteiger partial charge is 0.191 e. The Labute approximate surface area is 222 Å². The molecule has 1 unspecified atom stereocenters. The van der Waals surface area contributed by atoms with Crippen LogP contribution in [0.1, 0.15) is 36.1 Å². The van der Waals surface area contributed by atoms with Gasteiger partial charge in [0, 0.05) is 51.9 Å². The summed E-state index contributed by atoms with van der Waals surface area (Å²) in [7, 11) is 0. The van der Waals surface area contributed by atoms with Gasteiger partial charge in [0.1, 0.15) is 0 Å². The van der Waals surface area contributed by atoms with E-state index in [-0.39, 0.29) is 24.0 Å². The van der Waals surface area contributed by atoms with Gasteiger partial charge in [0.05, 0.1) is 19.8 Å². The van der Waals surface area contributed by atoms with Crippen LogP contribution in [0, 0.1) is 0 Å². The summed E-state index contributed by atoms with van der Waals surface area (Å²) in [5, 5.41) is 7.00. The quantitative estimate of drug-likeness (QED) is 0.285. The number of nitrogens with zero attached hydrogens (tertiary/aromatic N) is 3. The number of rotatable bonds is 8. The summed E-state index contributed by atoms with van der Waals surface area (Å²) in [6.45, 7) is 13.6. The predicted molar refractivity (Wildman–Crippen MR) is 151 cm³/mol. The molecule has 0 aromatic heterocycles. The third-order valence-corrected chi connectivity index (χ3v) is 6.72. The molecule has 0 amide bonds. The normalized spacial score (nSPS) is 18.0. The number of hydrogen-bond acceptors (Lipinski definition) is 4. The molecule has 34 heavy (non-hydrogen) atoms. The zero-order valence-electron chi connectivity index (χ0n) is 20.6. The van der Waals surface area contributed by atoms with Crippen LogP contribution in [0.25, 0.3) is 0 Å². The number of fused-ring (bicyclic) bond motifs is 1. The number of aliphatic imine (C=N–C) groups is 1. The lowest BCUT2D eigenvalue weighted by atomic mass is 9.99. The standard InChI is InChI=1S/C27H39N5O.HI/c1-3-28-27(29-18-22(2)32-13-12-23-8-4-6-11-26(23)21-32)30-19-24-9-5-7-10-25(24)20-31-14-16-33-17-15-31;/h4-11,22H,3,12-21H2,1-2H3,(H2,28,29,30);1H. The van der Waals surface area contributed by atoms with Crippen LogP contribution in [-0.2, 0) is 30.8 Å². The van der Waals surface area contributed by atoms with Gasteiger partial charge in [-0.1, -0.05) is 48.5 Å². The third kappa shape index (κ3) is 7.66. The molecule has 2 aliphatic heterocycles. The van der Waals surface area contributed by atoms with E-state index in [0.717, 1.165) is 71.4 Å².